The van der Waals surface area contributed by atoms with E-state index in [1.807, 2.05) is 0 Å². The van der Waals surface area contributed by atoms with Crippen LogP contribution >= 0.6 is 11.6 Å². The second kappa shape index (κ2) is 8.05. The SMILES string of the molecule is O=S(=O)(NCCCOCC1CCCO1)c1cnccc1Cl. The van der Waals surface area contributed by atoms with Gasteiger partial charge < -0.3 is 9.47 Å². The van der Waals surface area contributed by atoms with Crippen molar-refractivity contribution in [3.05, 3.63) is 23.5 Å². The van der Waals surface area contributed by atoms with Crippen molar-refractivity contribution in [2.45, 2.75) is 30.3 Å². The molecular formula is C13H19ClN2O4S. The number of aromatic nitrogens is 1. The average molecular weight is 335 g/mol. The highest BCUT2D eigenvalue weighted by Gasteiger charge is 2.17. The molecule has 1 aromatic heterocycles. The van der Waals surface area contributed by atoms with Crippen molar-refractivity contribution < 1.29 is 17.9 Å². The van der Waals surface area contributed by atoms with Crippen molar-refractivity contribution in [2.24, 2.45) is 0 Å². The molecule has 118 valence electrons. The summed E-state index contributed by atoms with van der Waals surface area (Å²) in [6.45, 7) is 2.16. The summed E-state index contributed by atoms with van der Waals surface area (Å²) in [6.07, 6.45) is 5.57. The molecule has 0 aromatic carbocycles. The Morgan fingerprint density at radius 3 is 3.10 bits per heavy atom. The molecule has 0 spiro atoms. The van der Waals surface area contributed by atoms with E-state index in [1.165, 1.54) is 18.5 Å². The number of halogens is 1. The first-order valence-electron chi connectivity index (χ1n) is 6.88. The molecule has 1 aliphatic heterocycles. The third-order valence-corrected chi connectivity index (χ3v) is 5.04. The largest absolute Gasteiger partial charge is 0.379 e. The van der Waals surface area contributed by atoms with Gasteiger partial charge in [-0.15, -0.1) is 0 Å². The van der Waals surface area contributed by atoms with E-state index in [0.717, 1.165) is 19.4 Å². The number of rotatable bonds is 8. The first kappa shape index (κ1) is 16.6. The lowest BCUT2D eigenvalue weighted by atomic mass is 10.2. The predicted octanol–water partition coefficient (Wildman–Crippen LogP) is 1.60. The van der Waals surface area contributed by atoms with Crippen LogP contribution in [0.1, 0.15) is 19.3 Å². The summed E-state index contributed by atoms with van der Waals surface area (Å²) in [6, 6.07) is 1.45. The minimum absolute atomic E-state index is 0.00746. The van der Waals surface area contributed by atoms with Crippen molar-refractivity contribution in [3.8, 4) is 0 Å². The second-order valence-corrected chi connectivity index (χ2v) is 6.91. The molecular weight excluding hydrogens is 316 g/mol. The molecule has 0 aliphatic carbocycles. The minimum atomic E-state index is -3.62. The van der Waals surface area contributed by atoms with Crippen LogP contribution < -0.4 is 4.72 Å². The Morgan fingerprint density at radius 1 is 1.52 bits per heavy atom. The Kier molecular flexibility index (Phi) is 6.38. The summed E-state index contributed by atoms with van der Waals surface area (Å²) >= 11 is 5.85. The lowest BCUT2D eigenvalue weighted by Gasteiger charge is -2.10. The lowest BCUT2D eigenvalue weighted by Crippen LogP contribution is -2.26. The van der Waals surface area contributed by atoms with E-state index in [4.69, 9.17) is 21.1 Å². The van der Waals surface area contributed by atoms with Crippen molar-refractivity contribution in [2.75, 3.05) is 26.4 Å². The molecule has 2 heterocycles. The first-order valence-corrected chi connectivity index (χ1v) is 8.74. The van der Waals surface area contributed by atoms with Gasteiger partial charge in [-0.2, -0.15) is 0 Å². The van der Waals surface area contributed by atoms with Crippen LogP contribution in [0.2, 0.25) is 5.02 Å². The number of hydrogen-bond acceptors (Lipinski definition) is 5. The third kappa shape index (κ3) is 5.19. The summed E-state index contributed by atoms with van der Waals surface area (Å²) in [5, 5.41) is 0.159. The maximum Gasteiger partial charge on any atom is 0.243 e. The average Bonchev–Trinajstić information content (AvgIpc) is 2.96. The number of sulfonamides is 1. The Bertz CT molecular complexity index is 547. The van der Waals surface area contributed by atoms with Gasteiger partial charge in [0.25, 0.3) is 0 Å². The van der Waals surface area contributed by atoms with Gasteiger partial charge in [0.15, 0.2) is 0 Å². The maximum absolute atomic E-state index is 12.0. The molecule has 1 unspecified atom stereocenters. The Balaban J connectivity index is 1.67. The molecule has 6 nitrogen and oxygen atoms in total. The molecule has 21 heavy (non-hydrogen) atoms. The van der Waals surface area contributed by atoms with Gasteiger partial charge in [-0.05, 0) is 25.3 Å². The van der Waals surface area contributed by atoms with Gasteiger partial charge in [0.1, 0.15) is 4.90 Å². The summed E-state index contributed by atoms with van der Waals surface area (Å²) in [7, 11) is -3.62. The van der Waals surface area contributed by atoms with Crippen molar-refractivity contribution in [3.63, 3.8) is 0 Å². The number of hydrogen-bond donors (Lipinski definition) is 1. The van der Waals surface area contributed by atoms with Crippen LogP contribution in [-0.2, 0) is 19.5 Å². The molecule has 1 N–H and O–H groups in total. The molecule has 1 aliphatic rings. The Hall–Kier alpha value is -0.730. The normalized spacial score (nSPS) is 19.0. The van der Waals surface area contributed by atoms with E-state index < -0.39 is 10.0 Å². The van der Waals surface area contributed by atoms with Gasteiger partial charge >= 0.3 is 0 Å². The summed E-state index contributed by atoms with van der Waals surface area (Å²) in [5.41, 5.74) is 0. The molecule has 2 rings (SSSR count). The lowest BCUT2D eigenvalue weighted by molar-refractivity contribution is 0.0169. The minimum Gasteiger partial charge on any atom is -0.379 e. The highest BCUT2D eigenvalue weighted by Crippen LogP contribution is 2.18. The van der Waals surface area contributed by atoms with Crippen LogP contribution in [0, 0.1) is 0 Å². The van der Waals surface area contributed by atoms with Gasteiger partial charge in [0.05, 0.1) is 17.7 Å². The summed E-state index contributed by atoms with van der Waals surface area (Å²) in [5.74, 6) is 0. The van der Waals surface area contributed by atoms with Gasteiger partial charge in [0, 0.05) is 32.2 Å². The van der Waals surface area contributed by atoms with Crippen LogP contribution in [0.3, 0.4) is 0 Å². The van der Waals surface area contributed by atoms with Crippen LogP contribution in [-0.4, -0.2) is 45.9 Å². The number of ether oxygens (including phenoxy) is 2. The Morgan fingerprint density at radius 2 is 2.38 bits per heavy atom. The monoisotopic (exact) mass is 334 g/mol. The van der Waals surface area contributed by atoms with Gasteiger partial charge in [-0.25, -0.2) is 13.1 Å². The van der Waals surface area contributed by atoms with Gasteiger partial charge in [-0.3, -0.25) is 4.98 Å². The fourth-order valence-corrected chi connectivity index (χ4v) is 3.51. The molecule has 0 amide bonds. The van der Waals surface area contributed by atoms with E-state index in [2.05, 4.69) is 9.71 Å². The highest BCUT2D eigenvalue weighted by molar-refractivity contribution is 7.89. The predicted molar refractivity (Wildman–Crippen MR) is 78.8 cm³/mol. The maximum atomic E-state index is 12.0. The zero-order chi connectivity index (χ0) is 15.1. The van der Waals surface area contributed by atoms with Gasteiger partial charge in [0.2, 0.25) is 10.0 Å². The van der Waals surface area contributed by atoms with Crippen LogP contribution in [0.15, 0.2) is 23.4 Å². The van der Waals surface area contributed by atoms with Crippen molar-refractivity contribution in [1.82, 2.24) is 9.71 Å². The Labute approximate surface area is 129 Å². The molecule has 1 atom stereocenters. The first-order chi connectivity index (χ1) is 10.1. The van der Waals surface area contributed by atoms with E-state index in [9.17, 15) is 8.42 Å². The van der Waals surface area contributed by atoms with E-state index in [-0.39, 0.29) is 16.0 Å². The number of pyridine rings is 1. The fraction of sp³-hybridized carbons (Fsp3) is 0.615. The van der Waals surface area contributed by atoms with Crippen LogP contribution in [0.4, 0.5) is 0 Å². The summed E-state index contributed by atoms with van der Waals surface area (Å²) < 4.78 is 37.4. The van der Waals surface area contributed by atoms with Gasteiger partial charge in [-0.1, -0.05) is 11.6 Å². The standard InChI is InChI=1S/C13H19ClN2O4S/c14-12-4-6-15-9-13(12)21(17,18)16-5-2-7-19-10-11-3-1-8-20-11/h4,6,9,11,16H,1-3,5,7-8,10H2. The van der Waals surface area contributed by atoms with E-state index in [0.29, 0.717) is 26.2 Å². The second-order valence-electron chi connectivity index (χ2n) is 4.77. The number of nitrogens with one attached hydrogen (secondary N) is 1. The fourth-order valence-electron chi connectivity index (χ4n) is 2.01. The quantitative estimate of drug-likeness (QED) is 0.731. The molecule has 1 aromatic rings. The molecule has 0 bridgehead atoms. The van der Waals surface area contributed by atoms with E-state index in [1.54, 1.807) is 0 Å². The van der Waals surface area contributed by atoms with Crippen LogP contribution in [0.5, 0.6) is 0 Å². The molecule has 1 fully saturated rings. The number of nitrogens with zero attached hydrogens (tertiary/aromatic N) is 1. The molecule has 8 heteroatoms. The van der Waals surface area contributed by atoms with Crippen molar-refractivity contribution in [1.29, 1.82) is 0 Å². The zero-order valence-electron chi connectivity index (χ0n) is 11.6. The van der Waals surface area contributed by atoms with Crippen LogP contribution in [0.25, 0.3) is 0 Å². The molecule has 0 radical (unpaired) electrons. The molecule has 0 saturated carbocycles. The zero-order valence-corrected chi connectivity index (χ0v) is 13.2. The van der Waals surface area contributed by atoms with E-state index >= 15 is 0 Å². The van der Waals surface area contributed by atoms with Crippen molar-refractivity contribution >= 4 is 21.6 Å². The summed E-state index contributed by atoms with van der Waals surface area (Å²) in [4.78, 5) is 3.76. The highest BCUT2D eigenvalue weighted by atomic mass is 35.5. The molecule has 1 saturated heterocycles. The third-order valence-electron chi connectivity index (χ3n) is 3.11. The smallest absolute Gasteiger partial charge is 0.243 e. The topological polar surface area (TPSA) is 77.5 Å².